The van der Waals surface area contributed by atoms with Crippen molar-refractivity contribution in [2.75, 3.05) is 20.3 Å². The smallest absolute Gasteiger partial charge is 0.328 e. The van der Waals surface area contributed by atoms with E-state index >= 15 is 0 Å². The number of ether oxygens (including phenoxy) is 1. The van der Waals surface area contributed by atoms with E-state index in [1.807, 2.05) is 24.3 Å². The zero-order valence-electron chi connectivity index (χ0n) is 11.2. The molecule has 1 atom stereocenters. The number of rotatable bonds is 7. The van der Waals surface area contributed by atoms with Crippen LogP contribution in [0.25, 0.3) is 0 Å². The number of aliphatic carboxylic acids is 1. The summed E-state index contributed by atoms with van der Waals surface area (Å²) in [7, 11) is 1.59. The van der Waals surface area contributed by atoms with Crippen molar-refractivity contribution in [1.82, 2.24) is 5.32 Å². The summed E-state index contributed by atoms with van der Waals surface area (Å²) in [6.07, 6.45) is 0.946. The number of methoxy groups -OCH3 is 1. The summed E-state index contributed by atoms with van der Waals surface area (Å²) < 4.78 is 4.93. The fraction of sp³-hybridized carbons (Fsp3) is 0.500. The molecule has 0 aliphatic carbocycles. The highest BCUT2D eigenvalue weighted by molar-refractivity contribution is 5.80. The Labute approximate surface area is 108 Å². The van der Waals surface area contributed by atoms with Crippen molar-refractivity contribution in [2.24, 2.45) is 0 Å². The average Bonchev–Trinajstić information content (AvgIpc) is 2.38. The van der Waals surface area contributed by atoms with Crippen LogP contribution < -0.4 is 5.32 Å². The first kappa shape index (κ1) is 14.7. The van der Waals surface area contributed by atoms with Crippen LogP contribution in [-0.2, 0) is 21.5 Å². The first-order valence-electron chi connectivity index (χ1n) is 6.11. The van der Waals surface area contributed by atoms with Gasteiger partial charge in [0.1, 0.15) is 5.54 Å². The van der Waals surface area contributed by atoms with Crippen LogP contribution in [0.3, 0.4) is 0 Å². The third kappa shape index (κ3) is 3.31. The molecule has 0 aliphatic rings. The molecule has 0 fully saturated rings. The predicted octanol–water partition coefficient (Wildman–Crippen LogP) is 1.78. The Bertz CT molecular complexity index is 389. The number of hydrogen-bond acceptors (Lipinski definition) is 3. The molecule has 1 rings (SSSR count). The summed E-state index contributed by atoms with van der Waals surface area (Å²) in [5.74, 6) is -0.886. The van der Waals surface area contributed by atoms with Crippen LogP contribution in [0, 0.1) is 0 Å². The van der Waals surface area contributed by atoms with Gasteiger partial charge in [-0.05, 0) is 24.5 Å². The van der Waals surface area contributed by atoms with Crippen LogP contribution in [-0.4, -0.2) is 31.3 Å². The van der Waals surface area contributed by atoms with Crippen molar-refractivity contribution < 1.29 is 14.6 Å². The Morgan fingerprint density at radius 3 is 2.44 bits per heavy atom. The van der Waals surface area contributed by atoms with Gasteiger partial charge in [-0.3, -0.25) is 5.32 Å². The molecule has 1 aromatic rings. The second kappa shape index (κ2) is 6.52. The molecule has 0 aromatic heterocycles. The lowest BCUT2D eigenvalue weighted by atomic mass is 9.91. The van der Waals surface area contributed by atoms with Gasteiger partial charge >= 0.3 is 5.97 Å². The summed E-state index contributed by atoms with van der Waals surface area (Å²) in [6.45, 7) is 4.72. The maximum Gasteiger partial charge on any atom is 0.328 e. The molecule has 0 heterocycles. The third-order valence-electron chi connectivity index (χ3n) is 3.15. The van der Waals surface area contributed by atoms with E-state index in [9.17, 15) is 9.90 Å². The molecule has 0 spiro atoms. The number of nitrogens with one attached hydrogen (secondary N) is 1. The Morgan fingerprint density at radius 2 is 2.00 bits per heavy atom. The number of hydrogen-bond donors (Lipinski definition) is 2. The van der Waals surface area contributed by atoms with E-state index in [0.29, 0.717) is 13.2 Å². The summed E-state index contributed by atoms with van der Waals surface area (Å²) in [6, 6.07) is 7.67. The zero-order valence-corrected chi connectivity index (χ0v) is 11.2. The molecule has 0 amide bonds. The van der Waals surface area contributed by atoms with E-state index in [1.54, 1.807) is 14.0 Å². The minimum atomic E-state index is -1.08. The molecule has 2 N–H and O–H groups in total. The largest absolute Gasteiger partial charge is 0.480 e. The minimum Gasteiger partial charge on any atom is -0.480 e. The van der Waals surface area contributed by atoms with Crippen molar-refractivity contribution in [3.8, 4) is 0 Å². The van der Waals surface area contributed by atoms with Gasteiger partial charge in [0, 0.05) is 13.7 Å². The fourth-order valence-electron chi connectivity index (χ4n) is 1.78. The Kier molecular flexibility index (Phi) is 5.31. The molecule has 1 unspecified atom stereocenters. The van der Waals surface area contributed by atoms with E-state index in [-0.39, 0.29) is 0 Å². The molecule has 0 radical (unpaired) electrons. The lowest BCUT2D eigenvalue weighted by Gasteiger charge is -2.27. The zero-order chi connectivity index (χ0) is 13.6. The maximum absolute atomic E-state index is 11.5. The number of aryl methyl sites for hydroxylation is 1. The van der Waals surface area contributed by atoms with Crippen LogP contribution in [0.2, 0.25) is 0 Å². The SMILES string of the molecule is CCc1ccc(C(C)(NCCOC)C(=O)O)cc1. The van der Waals surface area contributed by atoms with Gasteiger partial charge in [-0.25, -0.2) is 4.79 Å². The van der Waals surface area contributed by atoms with Gasteiger partial charge < -0.3 is 9.84 Å². The Balaban J connectivity index is 2.91. The molecule has 0 saturated carbocycles. The van der Waals surface area contributed by atoms with Gasteiger partial charge in [-0.15, -0.1) is 0 Å². The molecule has 0 aliphatic heterocycles. The number of carboxylic acids is 1. The van der Waals surface area contributed by atoms with Crippen LogP contribution in [0.4, 0.5) is 0 Å². The highest BCUT2D eigenvalue weighted by atomic mass is 16.5. The summed E-state index contributed by atoms with van der Waals surface area (Å²) in [5, 5.41) is 12.4. The highest BCUT2D eigenvalue weighted by Crippen LogP contribution is 2.21. The summed E-state index contributed by atoms with van der Waals surface area (Å²) in [4.78, 5) is 11.5. The lowest BCUT2D eigenvalue weighted by Crippen LogP contribution is -2.47. The molecular weight excluding hydrogens is 230 g/mol. The van der Waals surface area contributed by atoms with Crippen molar-refractivity contribution in [1.29, 1.82) is 0 Å². The number of carbonyl (C=O) groups is 1. The third-order valence-corrected chi connectivity index (χ3v) is 3.15. The van der Waals surface area contributed by atoms with E-state index in [0.717, 1.165) is 12.0 Å². The summed E-state index contributed by atoms with van der Waals surface area (Å²) >= 11 is 0. The lowest BCUT2D eigenvalue weighted by molar-refractivity contribution is -0.144. The van der Waals surface area contributed by atoms with Crippen molar-refractivity contribution >= 4 is 5.97 Å². The fourth-order valence-corrected chi connectivity index (χ4v) is 1.78. The number of carboxylic acid groups (broad SMARTS) is 1. The molecule has 100 valence electrons. The van der Waals surface area contributed by atoms with Gasteiger partial charge in [-0.2, -0.15) is 0 Å². The molecule has 0 saturated heterocycles. The van der Waals surface area contributed by atoms with Gasteiger partial charge in [0.25, 0.3) is 0 Å². The van der Waals surface area contributed by atoms with Crippen LogP contribution in [0.1, 0.15) is 25.0 Å². The molecule has 0 bridgehead atoms. The quantitative estimate of drug-likeness (QED) is 0.725. The first-order chi connectivity index (χ1) is 8.54. The monoisotopic (exact) mass is 251 g/mol. The average molecular weight is 251 g/mol. The van der Waals surface area contributed by atoms with Crippen molar-refractivity contribution in [3.05, 3.63) is 35.4 Å². The Hall–Kier alpha value is -1.39. The van der Waals surface area contributed by atoms with Crippen LogP contribution in [0.5, 0.6) is 0 Å². The first-order valence-corrected chi connectivity index (χ1v) is 6.11. The Morgan fingerprint density at radius 1 is 1.39 bits per heavy atom. The van der Waals surface area contributed by atoms with E-state index in [2.05, 4.69) is 12.2 Å². The highest BCUT2D eigenvalue weighted by Gasteiger charge is 2.34. The second-order valence-electron chi connectivity index (χ2n) is 4.40. The van der Waals surface area contributed by atoms with Crippen LogP contribution in [0.15, 0.2) is 24.3 Å². The molecule has 4 heteroatoms. The molecular formula is C14H21NO3. The summed E-state index contributed by atoms with van der Waals surface area (Å²) in [5.41, 5.74) is 0.872. The van der Waals surface area contributed by atoms with E-state index < -0.39 is 11.5 Å². The maximum atomic E-state index is 11.5. The normalized spacial score (nSPS) is 14.2. The second-order valence-corrected chi connectivity index (χ2v) is 4.40. The van der Waals surface area contributed by atoms with Crippen molar-refractivity contribution in [2.45, 2.75) is 25.8 Å². The molecule has 18 heavy (non-hydrogen) atoms. The standard InChI is InChI=1S/C14H21NO3/c1-4-11-5-7-12(8-6-11)14(2,13(16)17)15-9-10-18-3/h5-8,15H,4,9-10H2,1-3H3,(H,16,17). The van der Waals surface area contributed by atoms with Crippen LogP contribution >= 0.6 is 0 Å². The molecule has 4 nitrogen and oxygen atoms in total. The van der Waals surface area contributed by atoms with Crippen molar-refractivity contribution in [3.63, 3.8) is 0 Å². The minimum absolute atomic E-state index is 0.482. The van der Waals surface area contributed by atoms with Gasteiger partial charge in [0.2, 0.25) is 0 Å². The topological polar surface area (TPSA) is 58.6 Å². The van der Waals surface area contributed by atoms with E-state index in [4.69, 9.17) is 4.74 Å². The molecule has 1 aromatic carbocycles. The predicted molar refractivity (Wildman–Crippen MR) is 70.7 cm³/mol. The van der Waals surface area contributed by atoms with Gasteiger partial charge in [-0.1, -0.05) is 31.2 Å². The van der Waals surface area contributed by atoms with Gasteiger partial charge in [0.15, 0.2) is 0 Å². The van der Waals surface area contributed by atoms with Gasteiger partial charge in [0.05, 0.1) is 6.61 Å². The van der Waals surface area contributed by atoms with E-state index in [1.165, 1.54) is 5.56 Å². The number of benzene rings is 1.